The van der Waals surface area contributed by atoms with E-state index < -0.39 is 0 Å². The largest absolute Gasteiger partial charge is 0.457 e. The van der Waals surface area contributed by atoms with E-state index in [1.165, 1.54) is 0 Å². The molecule has 0 radical (unpaired) electrons. The Morgan fingerprint density at radius 2 is 1.59 bits per heavy atom. The average Bonchev–Trinajstić information content (AvgIpc) is 3.10. The van der Waals surface area contributed by atoms with E-state index in [0.717, 1.165) is 42.0 Å². The molecule has 1 aliphatic rings. The lowest BCUT2D eigenvalue weighted by Gasteiger charge is -2.24. The lowest BCUT2D eigenvalue weighted by Crippen LogP contribution is -2.31. The highest BCUT2D eigenvalue weighted by molar-refractivity contribution is 8.01. The first-order valence-electron chi connectivity index (χ1n) is 10.1. The van der Waals surface area contributed by atoms with Gasteiger partial charge in [0.2, 0.25) is 5.91 Å². The summed E-state index contributed by atoms with van der Waals surface area (Å²) in [5.74, 6) is 1.79. The third kappa shape index (κ3) is 4.48. The summed E-state index contributed by atoms with van der Waals surface area (Å²) < 4.78 is 6.03. The second kappa shape index (κ2) is 9.19. The van der Waals surface area contributed by atoms with Crippen molar-refractivity contribution in [2.45, 2.75) is 36.8 Å². The van der Waals surface area contributed by atoms with Crippen LogP contribution in [0, 0.1) is 0 Å². The lowest BCUT2D eigenvalue weighted by molar-refractivity contribution is -0.117. The number of rotatable bonds is 7. The Bertz CT molecular complexity index is 945. The molecule has 1 saturated heterocycles. The average molecular weight is 404 g/mol. The Hall–Kier alpha value is -2.72. The van der Waals surface area contributed by atoms with Crippen molar-refractivity contribution in [3.63, 3.8) is 0 Å². The summed E-state index contributed by atoms with van der Waals surface area (Å²) in [6.45, 7) is 2.17. The minimum atomic E-state index is -0.0499. The topological polar surface area (TPSA) is 29.5 Å². The fourth-order valence-electron chi connectivity index (χ4n) is 3.56. The molecular formula is C25H25NO2S. The van der Waals surface area contributed by atoms with Gasteiger partial charge in [0, 0.05) is 5.69 Å². The van der Waals surface area contributed by atoms with Gasteiger partial charge in [0.1, 0.15) is 16.9 Å². The molecule has 3 aromatic carbocycles. The number of anilines is 1. The monoisotopic (exact) mass is 403 g/mol. The number of carbonyl (C=O) groups is 1. The molecule has 148 valence electrons. The smallest absolute Gasteiger partial charge is 0.241 e. The molecule has 0 spiro atoms. The van der Waals surface area contributed by atoms with Crippen molar-refractivity contribution in [2.75, 3.05) is 4.90 Å². The first-order valence-corrected chi connectivity index (χ1v) is 11.1. The molecule has 2 atom stereocenters. The summed E-state index contributed by atoms with van der Waals surface area (Å²) >= 11 is 1.75. The van der Waals surface area contributed by atoms with E-state index in [1.807, 2.05) is 77.7 Å². The van der Waals surface area contributed by atoms with Crippen molar-refractivity contribution in [1.82, 2.24) is 0 Å². The van der Waals surface area contributed by atoms with Crippen molar-refractivity contribution >= 4 is 23.4 Å². The molecule has 1 amide bonds. The molecule has 4 heteroatoms. The molecule has 1 aliphatic heterocycles. The van der Waals surface area contributed by atoms with Gasteiger partial charge in [0.05, 0.1) is 5.25 Å². The normalized spacial score (nSPS) is 18.8. The molecule has 0 aliphatic carbocycles. The van der Waals surface area contributed by atoms with Crippen LogP contribution in [0.4, 0.5) is 5.69 Å². The molecule has 4 rings (SSSR count). The van der Waals surface area contributed by atoms with Crippen LogP contribution in [0.3, 0.4) is 0 Å². The predicted molar refractivity (Wildman–Crippen MR) is 121 cm³/mol. The maximum absolute atomic E-state index is 13.2. The third-order valence-electron chi connectivity index (χ3n) is 5.02. The van der Waals surface area contributed by atoms with Crippen LogP contribution in [0.2, 0.25) is 0 Å². The molecule has 1 fully saturated rings. The SMILES string of the molecule is CCCC[C@H]1S[C@H](c2cccc(Oc3ccccc3)c2)N(c2ccccc2)C1=O. The van der Waals surface area contributed by atoms with Crippen LogP contribution < -0.4 is 9.64 Å². The summed E-state index contributed by atoms with van der Waals surface area (Å²) in [4.78, 5) is 15.2. The van der Waals surface area contributed by atoms with Gasteiger partial charge in [-0.2, -0.15) is 0 Å². The van der Waals surface area contributed by atoms with Crippen molar-refractivity contribution in [2.24, 2.45) is 0 Å². The molecule has 3 nitrogen and oxygen atoms in total. The lowest BCUT2D eigenvalue weighted by atomic mass is 10.1. The molecule has 0 unspecified atom stereocenters. The van der Waals surface area contributed by atoms with E-state index in [9.17, 15) is 4.79 Å². The van der Waals surface area contributed by atoms with Gasteiger partial charge >= 0.3 is 0 Å². The maximum atomic E-state index is 13.2. The number of ether oxygens (including phenoxy) is 1. The van der Waals surface area contributed by atoms with Crippen LogP contribution in [0.1, 0.15) is 37.1 Å². The van der Waals surface area contributed by atoms with Crippen molar-refractivity contribution in [3.05, 3.63) is 90.5 Å². The molecule has 3 aromatic rings. The molecule has 0 bridgehead atoms. The summed E-state index contributed by atoms with van der Waals surface area (Å²) in [5.41, 5.74) is 2.03. The minimum Gasteiger partial charge on any atom is -0.457 e. The standard InChI is InChI=1S/C25H25NO2S/c1-2-3-17-23-24(27)26(20-12-6-4-7-13-20)25(29-23)19-11-10-16-22(18-19)28-21-14-8-5-9-15-21/h4-16,18,23,25H,2-3,17H2,1H3/t23-,25-/m1/s1. The molecule has 1 heterocycles. The molecule has 0 N–H and O–H groups in total. The van der Waals surface area contributed by atoms with Crippen LogP contribution in [-0.2, 0) is 4.79 Å². The first-order chi connectivity index (χ1) is 14.3. The molecule has 29 heavy (non-hydrogen) atoms. The van der Waals surface area contributed by atoms with Crippen LogP contribution in [-0.4, -0.2) is 11.2 Å². The van der Waals surface area contributed by atoms with E-state index in [2.05, 4.69) is 19.1 Å². The number of unbranched alkanes of at least 4 members (excludes halogenated alkanes) is 1. The summed E-state index contributed by atoms with van der Waals surface area (Å²) in [7, 11) is 0. The molecular weight excluding hydrogens is 378 g/mol. The number of hydrogen-bond donors (Lipinski definition) is 0. The van der Waals surface area contributed by atoms with Gasteiger partial charge < -0.3 is 4.74 Å². The second-order valence-electron chi connectivity index (χ2n) is 7.15. The van der Waals surface area contributed by atoms with E-state index in [4.69, 9.17) is 4.74 Å². The molecule has 0 saturated carbocycles. The van der Waals surface area contributed by atoms with E-state index >= 15 is 0 Å². The van der Waals surface area contributed by atoms with Crippen molar-refractivity contribution in [1.29, 1.82) is 0 Å². The van der Waals surface area contributed by atoms with Gasteiger partial charge in [-0.05, 0) is 48.4 Å². The van der Waals surface area contributed by atoms with Gasteiger partial charge in [-0.3, -0.25) is 9.69 Å². The third-order valence-corrected chi connectivity index (χ3v) is 6.52. The van der Waals surface area contributed by atoms with Gasteiger partial charge in [0.25, 0.3) is 0 Å². The van der Waals surface area contributed by atoms with Crippen molar-refractivity contribution in [3.8, 4) is 11.5 Å². The number of benzene rings is 3. The maximum Gasteiger partial charge on any atom is 0.241 e. The Morgan fingerprint density at radius 1 is 0.897 bits per heavy atom. The minimum absolute atomic E-state index is 0.00106. The second-order valence-corrected chi connectivity index (χ2v) is 8.44. The zero-order valence-electron chi connectivity index (χ0n) is 16.5. The Labute approximate surface area is 176 Å². The Morgan fingerprint density at radius 3 is 2.31 bits per heavy atom. The highest BCUT2D eigenvalue weighted by Crippen LogP contribution is 2.47. The van der Waals surface area contributed by atoms with Crippen LogP contribution >= 0.6 is 11.8 Å². The highest BCUT2D eigenvalue weighted by atomic mass is 32.2. The fraction of sp³-hybridized carbons (Fsp3) is 0.240. The number of para-hydroxylation sites is 2. The highest BCUT2D eigenvalue weighted by Gasteiger charge is 2.41. The summed E-state index contributed by atoms with van der Waals surface area (Å²) in [6.07, 6.45) is 3.08. The molecule has 0 aromatic heterocycles. The first kappa shape index (κ1) is 19.6. The number of carbonyl (C=O) groups excluding carboxylic acids is 1. The zero-order chi connectivity index (χ0) is 20.1. The number of nitrogens with zero attached hydrogens (tertiary/aromatic N) is 1. The summed E-state index contributed by atoms with van der Waals surface area (Å²) in [6, 6.07) is 27.8. The van der Waals surface area contributed by atoms with Crippen molar-refractivity contribution < 1.29 is 9.53 Å². The van der Waals surface area contributed by atoms with Gasteiger partial charge in [-0.25, -0.2) is 0 Å². The van der Waals surface area contributed by atoms with E-state index in [0.29, 0.717) is 0 Å². The van der Waals surface area contributed by atoms with Gasteiger partial charge in [-0.15, -0.1) is 11.8 Å². The zero-order valence-corrected chi connectivity index (χ0v) is 17.3. The number of hydrogen-bond acceptors (Lipinski definition) is 3. The van der Waals surface area contributed by atoms with Crippen LogP contribution in [0.15, 0.2) is 84.9 Å². The van der Waals surface area contributed by atoms with E-state index in [-0.39, 0.29) is 16.5 Å². The Kier molecular flexibility index (Phi) is 6.20. The fourth-order valence-corrected chi connectivity index (χ4v) is 5.06. The van der Waals surface area contributed by atoms with E-state index in [1.54, 1.807) is 11.8 Å². The van der Waals surface area contributed by atoms with Crippen LogP contribution in [0.25, 0.3) is 0 Å². The summed E-state index contributed by atoms with van der Waals surface area (Å²) in [5, 5.41) is -0.0510. The van der Waals surface area contributed by atoms with Gasteiger partial charge in [-0.1, -0.05) is 68.3 Å². The number of thioether (sulfide) groups is 1. The quantitative estimate of drug-likeness (QED) is 0.434. The van der Waals surface area contributed by atoms with Gasteiger partial charge in [0.15, 0.2) is 0 Å². The predicted octanol–water partition coefficient (Wildman–Crippen LogP) is 6.82. The van der Waals surface area contributed by atoms with Crippen LogP contribution in [0.5, 0.6) is 11.5 Å². The number of amides is 1. The Balaban J connectivity index is 1.64.